The normalized spacial score (nSPS) is 30.6. The van der Waals surface area contributed by atoms with Crippen molar-refractivity contribution in [2.75, 3.05) is 18.0 Å². The highest BCUT2D eigenvalue weighted by Crippen LogP contribution is 2.41. The lowest BCUT2D eigenvalue weighted by molar-refractivity contribution is 0.0460. The number of hydrogen-bond acceptors (Lipinski definition) is 6. The number of aryl methyl sites for hydroxylation is 1. The summed E-state index contributed by atoms with van der Waals surface area (Å²) < 4.78 is 35.9. The molecule has 226 valence electrons. The monoisotopic (exact) mass is 612 g/mol. The number of hydrogen-bond donors (Lipinski definition) is 2. The number of nitrogens with one attached hydrogen (secondary N) is 1. The molecule has 4 aliphatic rings. The van der Waals surface area contributed by atoms with Gasteiger partial charge in [0.2, 0.25) is 10.0 Å². The third-order valence-electron chi connectivity index (χ3n) is 9.85. The van der Waals surface area contributed by atoms with Gasteiger partial charge in [0.15, 0.2) is 0 Å². The summed E-state index contributed by atoms with van der Waals surface area (Å²) in [5.41, 5.74) is 3.35. The number of amides is 1. The van der Waals surface area contributed by atoms with Crippen LogP contribution in [0.3, 0.4) is 0 Å². The summed E-state index contributed by atoms with van der Waals surface area (Å²) in [6, 6.07) is 11.1. The SMILES string of the molecule is O=C1NS(=O)(=O)[C@H]2CCCC[C@@H]2C/C=C/[C@H](O)[C@@H]2CC[C@H]2CN2CCCCc3cc(Cl)ccc3COc3ccc1cc32. The molecule has 2 aliphatic heterocycles. The third-order valence-corrected chi connectivity index (χ3v) is 12.0. The Balaban J connectivity index is 1.38. The maximum Gasteiger partial charge on any atom is 0.264 e. The molecule has 2 bridgehead atoms. The highest BCUT2D eigenvalue weighted by Gasteiger charge is 2.39. The number of allylic oxidation sites excluding steroid dienone is 1. The number of ether oxygens (including phenoxy) is 1. The van der Waals surface area contributed by atoms with Gasteiger partial charge in [-0.15, -0.1) is 0 Å². The number of carbonyl (C=O) groups excluding carboxylic acids is 1. The first kappa shape index (κ1) is 29.5. The number of aliphatic hydroxyl groups is 1. The third kappa shape index (κ3) is 6.36. The van der Waals surface area contributed by atoms with Crippen LogP contribution in [0, 0.1) is 17.8 Å². The van der Waals surface area contributed by atoms with Gasteiger partial charge in [-0.2, -0.15) is 0 Å². The van der Waals surface area contributed by atoms with E-state index in [-0.39, 0.29) is 11.8 Å². The lowest BCUT2D eigenvalue weighted by atomic mass is 9.70. The molecule has 2 aromatic carbocycles. The zero-order valence-corrected chi connectivity index (χ0v) is 25.6. The number of sulfonamides is 1. The predicted molar refractivity (Wildman–Crippen MR) is 165 cm³/mol. The van der Waals surface area contributed by atoms with Crippen molar-refractivity contribution >= 4 is 33.2 Å². The van der Waals surface area contributed by atoms with E-state index in [9.17, 15) is 18.3 Å². The predicted octanol–water partition coefficient (Wildman–Crippen LogP) is 6.03. The lowest BCUT2D eigenvalue weighted by Gasteiger charge is -2.42. The van der Waals surface area contributed by atoms with Gasteiger partial charge in [0.1, 0.15) is 12.4 Å². The van der Waals surface area contributed by atoms with Gasteiger partial charge >= 0.3 is 0 Å². The van der Waals surface area contributed by atoms with E-state index >= 15 is 0 Å². The second-order valence-electron chi connectivity index (χ2n) is 12.5. The van der Waals surface area contributed by atoms with Crippen molar-refractivity contribution in [1.82, 2.24) is 4.72 Å². The molecule has 2 saturated carbocycles. The second kappa shape index (κ2) is 12.6. The first-order valence-corrected chi connectivity index (χ1v) is 17.4. The van der Waals surface area contributed by atoms with E-state index in [2.05, 4.69) is 9.62 Å². The minimum atomic E-state index is -3.88. The van der Waals surface area contributed by atoms with Crippen LogP contribution in [0.1, 0.15) is 79.3 Å². The van der Waals surface area contributed by atoms with Crippen LogP contribution < -0.4 is 14.4 Å². The van der Waals surface area contributed by atoms with Crippen molar-refractivity contribution < 1.29 is 23.1 Å². The van der Waals surface area contributed by atoms with Crippen LogP contribution in [0.5, 0.6) is 5.75 Å². The Labute approximate surface area is 254 Å². The van der Waals surface area contributed by atoms with Gasteiger partial charge in [-0.3, -0.25) is 4.79 Å². The minimum absolute atomic E-state index is 0.0772. The summed E-state index contributed by atoms with van der Waals surface area (Å²) in [6.07, 6.45) is 11.8. The largest absolute Gasteiger partial charge is 0.487 e. The van der Waals surface area contributed by atoms with E-state index < -0.39 is 27.3 Å². The molecular formula is C33H41ClN2O5S. The Kier molecular flexibility index (Phi) is 8.85. The first-order valence-electron chi connectivity index (χ1n) is 15.5. The van der Waals surface area contributed by atoms with Gasteiger partial charge in [0.05, 0.1) is 17.0 Å². The first-order chi connectivity index (χ1) is 20.3. The topological polar surface area (TPSA) is 95.9 Å². The fourth-order valence-corrected chi connectivity index (χ4v) is 9.24. The number of anilines is 1. The van der Waals surface area contributed by atoms with E-state index in [1.165, 1.54) is 5.56 Å². The summed E-state index contributed by atoms with van der Waals surface area (Å²) in [5.74, 6) is 0.442. The highest BCUT2D eigenvalue weighted by atomic mass is 35.5. The fraction of sp³-hybridized carbons (Fsp3) is 0.545. The van der Waals surface area contributed by atoms with Gasteiger partial charge < -0.3 is 14.7 Å². The molecule has 5 atom stereocenters. The average Bonchev–Trinajstić information content (AvgIpc) is 2.98. The Bertz CT molecular complexity index is 1440. The van der Waals surface area contributed by atoms with Crippen LogP contribution in [0.4, 0.5) is 5.69 Å². The van der Waals surface area contributed by atoms with Gasteiger partial charge in [-0.25, -0.2) is 13.1 Å². The van der Waals surface area contributed by atoms with Crippen LogP contribution in [0.2, 0.25) is 5.02 Å². The van der Waals surface area contributed by atoms with Crippen LogP contribution in [-0.2, 0) is 23.1 Å². The molecule has 2 aromatic rings. The summed E-state index contributed by atoms with van der Waals surface area (Å²) in [6.45, 7) is 1.86. The van der Waals surface area contributed by atoms with Crippen molar-refractivity contribution in [3.8, 4) is 5.75 Å². The van der Waals surface area contributed by atoms with Crippen LogP contribution in [0.15, 0.2) is 48.6 Å². The molecule has 2 heterocycles. The van der Waals surface area contributed by atoms with Gasteiger partial charge in [-0.05, 0) is 111 Å². The molecule has 0 aromatic heterocycles. The Morgan fingerprint density at radius 1 is 0.952 bits per heavy atom. The molecule has 2 fully saturated rings. The molecule has 0 unspecified atom stereocenters. The number of aliphatic hydroxyl groups excluding tert-OH is 1. The van der Waals surface area contributed by atoms with E-state index in [4.69, 9.17) is 16.3 Å². The summed E-state index contributed by atoms with van der Waals surface area (Å²) in [7, 11) is -3.88. The van der Waals surface area contributed by atoms with E-state index in [0.717, 1.165) is 75.7 Å². The van der Waals surface area contributed by atoms with Crippen molar-refractivity contribution in [2.24, 2.45) is 17.8 Å². The number of carbonyl (C=O) groups is 1. The van der Waals surface area contributed by atoms with E-state index in [1.807, 2.05) is 30.4 Å². The zero-order valence-electron chi connectivity index (χ0n) is 24.0. The molecule has 2 N–H and O–H groups in total. The number of benzene rings is 2. The Morgan fingerprint density at radius 2 is 1.81 bits per heavy atom. The molecule has 7 nitrogen and oxygen atoms in total. The summed E-state index contributed by atoms with van der Waals surface area (Å²) >= 11 is 6.31. The quantitative estimate of drug-likeness (QED) is 0.353. The molecular weight excluding hydrogens is 572 g/mol. The van der Waals surface area contributed by atoms with Crippen molar-refractivity contribution in [3.63, 3.8) is 0 Å². The van der Waals surface area contributed by atoms with Crippen molar-refractivity contribution in [1.29, 1.82) is 0 Å². The summed E-state index contributed by atoms with van der Waals surface area (Å²) in [4.78, 5) is 15.8. The molecule has 42 heavy (non-hydrogen) atoms. The standard InChI is InChI=1S/C33H41ClN2O5S/c34-27-14-11-26-21-41-31-16-13-24-19-29(31)36(17-4-3-7-23(26)18-27)20-25-12-15-28(25)30(37)9-5-8-22-6-1-2-10-32(22)42(39,40)35-33(24)38/h5,9,11,13-14,16,18-19,22,25,28,30,32,37H,1-4,6-8,10,12,15,17,20-21H2,(H,35,38)/b9-5+/t22-,25+,28-,30+,32+/m1/s1. The van der Waals surface area contributed by atoms with Gasteiger partial charge in [0.25, 0.3) is 5.91 Å². The van der Waals surface area contributed by atoms with Crippen LogP contribution >= 0.6 is 11.6 Å². The molecule has 2 aliphatic carbocycles. The average molecular weight is 613 g/mol. The number of rotatable bonds is 0. The Morgan fingerprint density at radius 3 is 2.64 bits per heavy atom. The molecule has 0 radical (unpaired) electrons. The highest BCUT2D eigenvalue weighted by molar-refractivity contribution is 7.90. The van der Waals surface area contributed by atoms with Gasteiger partial charge in [-0.1, -0.05) is 42.7 Å². The molecule has 0 saturated heterocycles. The molecule has 6 rings (SSSR count). The summed E-state index contributed by atoms with van der Waals surface area (Å²) in [5, 5.41) is 11.2. The molecule has 1 amide bonds. The van der Waals surface area contributed by atoms with Crippen LogP contribution in [-0.4, -0.2) is 43.9 Å². The molecule has 9 heteroatoms. The second-order valence-corrected chi connectivity index (χ2v) is 14.8. The fourth-order valence-electron chi connectivity index (χ4n) is 7.28. The maximum atomic E-state index is 13.5. The number of fused-ring (bicyclic) bond motifs is 4. The molecule has 0 spiro atoms. The number of nitrogens with zero attached hydrogens (tertiary/aromatic N) is 1. The minimum Gasteiger partial charge on any atom is -0.487 e. The lowest BCUT2D eigenvalue weighted by Crippen LogP contribution is -2.44. The maximum absolute atomic E-state index is 13.5. The zero-order chi connectivity index (χ0) is 29.3. The van der Waals surface area contributed by atoms with Gasteiger partial charge in [0, 0.05) is 23.7 Å². The van der Waals surface area contributed by atoms with Crippen molar-refractivity contribution in [2.45, 2.75) is 82.2 Å². The van der Waals surface area contributed by atoms with Crippen LogP contribution in [0.25, 0.3) is 0 Å². The van der Waals surface area contributed by atoms with Crippen molar-refractivity contribution in [3.05, 3.63) is 70.3 Å². The van der Waals surface area contributed by atoms with E-state index in [1.54, 1.807) is 18.2 Å². The number of halogens is 1. The van der Waals surface area contributed by atoms with E-state index in [0.29, 0.717) is 41.7 Å². The smallest absolute Gasteiger partial charge is 0.264 e. The Hall–Kier alpha value is -2.55.